The van der Waals surface area contributed by atoms with Crippen LogP contribution < -0.4 is 0 Å². The molecule has 2 aromatic rings. The van der Waals surface area contributed by atoms with E-state index in [-0.39, 0.29) is 11.5 Å². The molecule has 98 valence electrons. The highest BCUT2D eigenvalue weighted by Gasteiger charge is 2.18. The fourth-order valence-corrected chi connectivity index (χ4v) is 1.54. The topological polar surface area (TPSA) is 85.1 Å². The number of carboxylic acids is 1. The third kappa shape index (κ3) is 2.67. The Bertz CT molecular complexity index is 616. The molecule has 0 aliphatic rings. The normalized spacial score (nSPS) is 12.1. The van der Waals surface area contributed by atoms with E-state index in [0.717, 1.165) is 10.2 Å². The summed E-state index contributed by atoms with van der Waals surface area (Å²) in [5.74, 6) is -1.30. The maximum absolute atomic E-state index is 12.1. The van der Waals surface area contributed by atoms with E-state index in [0.29, 0.717) is 5.56 Å². The highest BCUT2D eigenvalue weighted by atomic mass is 16.4. The Morgan fingerprint density at radius 3 is 2.47 bits per heavy atom. The molecule has 1 unspecified atom stereocenters. The molecule has 0 aliphatic heterocycles. The zero-order valence-electron chi connectivity index (χ0n) is 10.6. The van der Waals surface area contributed by atoms with Gasteiger partial charge in [-0.25, -0.2) is 9.48 Å². The summed E-state index contributed by atoms with van der Waals surface area (Å²) in [4.78, 5) is 22.9. The average Bonchev–Trinajstić information content (AvgIpc) is 2.87. The van der Waals surface area contributed by atoms with E-state index < -0.39 is 12.0 Å². The largest absolute Gasteiger partial charge is 0.480 e. The zero-order chi connectivity index (χ0) is 14.0. The number of ketones is 1. The standard InChI is InChI=1S/C13H13N3O3/c1-8-3-5-10(6-4-8)12(17)11-7-16(15-14-11)9(2)13(18)19/h3-7,9H,1-2H3,(H,18,19). The number of carbonyl (C=O) groups is 2. The number of aliphatic carboxylic acids is 1. The molecule has 0 radical (unpaired) electrons. The average molecular weight is 259 g/mol. The van der Waals surface area contributed by atoms with Crippen LogP contribution in [0.5, 0.6) is 0 Å². The van der Waals surface area contributed by atoms with Crippen LogP contribution >= 0.6 is 0 Å². The van der Waals surface area contributed by atoms with Crippen LogP contribution in [0.2, 0.25) is 0 Å². The number of hydrogen-bond acceptors (Lipinski definition) is 4. The van der Waals surface area contributed by atoms with Gasteiger partial charge in [0.15, 0.2) is 5.69 Å². The van der Waals surface area contributed by atoms with Crippen LogP contribution in [0.25, 0.3) is 0 Å². The van der Waals surface area contributed by atoms with Gasteiger partial charge in [0.25, 0.3) is 0 Å². The van der Waals surface area contributed by atoms with Gasteiger partial charge in [0.05, 0.1) is 6.20 Å². The fraction of sp³-hybridized carbons (Fsp3) is 0.231. The Morgan fingerprint density at radius 1 is 1.26 bits per heavy atom. The molecule has 0 spiro atoms. The monoisotopic (exact) mass is 259 g/mol. The van der Waals surface area contributed by atoms with E-state index in [4.69, 9.17) is 5.11 Å². The first-order valence-corrected chi connectivity index (χ1v) is 5.75. The summed E-state index contributed by atoms with van der Waals surface area (Å²) in [5.41, 5.74) is 1.69. The van der Waals surface area contributed by atoms with Crippen LogP contribution in [-0.4, -0.2) is 31.9 Å². The number of aromatic nitrogens is 3. The molecule has 0 fully saturated rings. The number of hydrogen-bond donors (Lipinski definition) is 1. The molecule has 0 saturated heterocycles. The summed E-state index contributed by atoms with van der Waals surface area (Å²) >= 11 is 0. The number of aryl methyl sites for hydroxylation is 1. The third-order valence-corrected chi connectivity index (χ3v) is 2.81. The predicted molar refractivity (Wildman–Crippen MR) is 67.0 cm³/mol. The van der Waals surface area contributed by atoms with Gasteiger partial charge in [-0.15, -0.1) is 5.10 Å². The lowest BCUT2D eigenvalue weighted by Crippen LogP contribution is -2.16. The summed E-state index contributed by atoms with van der Waals surface area (Å²) in [6.45, 7) is 3.40. The summed E-state index contributed by atoms with van der Waals surface area (Å²) in [7, 11) is 0. The molecule has 0 bridgehead atoms. The molecule has 0 aliphatic carbocycles. The first kappa shape index (κ1) is 12.9. The van der Waals surface area contributed by atoms with Crippen molar-refractivity contribution in [2.45, 2.75) is 19.9 Å². The Kier molecular flexibility index (Phi) is 3.41. The molecular formula is C13H13N3O3. The molecule has 1 heterocycles. The van der Waals surface area contributed by atoms with Crippen molar-refractivity contribution in [2.75, 3.05) is 0 Å². The molecule has 0 amide bonds. The fourth-order valence-electron chi connectivity index (χ4n) is 1.54. The van der Waals surface area contributed by atoms with Crippen molar-refractivity contribution in [1.82, 2.24) is 15.0 Å². The molecule has 1 atom stereocenters. The molecule has 6 nitrogen and oxygen atoms in total. The van der Waals surface area contributed by atoms with Gasteiger partial charge in [0.2, 0.25) is 5.78 Å². The van der Waals surface area contributed by atoms with E-state index in [1.165, 1.54) is 13.1 Å². The summed E-state index contributed by atoms with van der Waals surface area (Å²) < 4.78 is 1.16. The van der Waals surface area contributed by atoms with Crippen molar-refractivity contribution in [3.63, 3.8) is 0 Å². The Morgan fingerprint density at radius 2 is 1.89 bits per heavy atom. The Balaban J connectivity index is 2.25. The Hall–Kier alpha value is -2.50. The summed E-state index contributed by atoms with van der Waals surface area (Å²) in [6, 6.07) is 6.22. The van der Waals surface area contributed by atoms with Crippen molar-refractivity contribution in [3.8, 4) is 0 Å². The van der Waals surface area contributed by atoms with E-state index in [1.807, 2.05) is 19.1 Å². The van der Waals surface area contributed by atoms with Gasteiger partial charge in [-0.05, 0) is 13.8 Å². The van der Waals surface area contributed by atoms with Crippen LogP contribution in [0.4, 0.5) is 0 Å². The van der Waals surface area contributed by atoms with Gasteiger partial charge in [-0.3, -0.25) is 4.79 Å². The second-order valence-electron chi connectivity index (χ2n) is 4.29. The third-order valence-electron chi connectivity index (χ3n) is 2.81. The van der Waals surface area contributed by atoms with Gasteiger partial charge in [-0.2, -0.15) is 0 Å². The zero-order valence-corrected chi connectivity index (χ0v) is 10.6. The lowest BCUT2D eigenvalue weighted by atomic mass is 10.1. The van der Waals surface area contributed by atoms with Crippen molar-refractivity contribution >= 4 is 11.8 Å². The van der Waals surface area contributed by atoms with Crippen molar-refractivity contribution in [2.24, 2.45) is 0 Å². The quantitative estimate of drug-likeness (QED) is 0.840. The molecule has 19 heavy (non-hydrogen) atoms. The molecule has 1 N–H and O–H groups in total. The second kappa shape index (κ2) is 5.01. The van der Waals surface area contributed by atoms with Crippen LogP contribution in [0.15, 0.2) is 30.5 Å². The van der Waals surface area contributed by atoms with Crippen LogP contribution in [-0.2, 0) is 4.79 Å². The minimum absolute atomic E-state index is 0.136. The molecular weight excluding hydrogens is 246 g/mol. The van der Waals surface area contributed by atoms with Gasteiger partial charge in [0.1, 0.15) is 6.04 Å². The van der Waals surface area contributed by atoms with E-state index in [1.54, 1.807) is 12.1 Å². The van der Waals surface area contributed by atoms with Crippen molar-refractivity contribution in [3.05, 3.63) is 47.3 Å². The first-order valence-electron chi connectivity index (χ1n) is 5.75. The number of rotatable bonds is 4. The second-order valence-corrected chi connectivity index (χ2v) is 4.29. The molecule has 0 saturated carbocycles. The number of benzene rings is 1. The number of carboxylic acid groups (broad SMARTS) is 1. The van der Waals surface area contributed by atoms with Gasteiger partial charge >= 0.3 is 5.97 Å². The number of carbonyl (C=O) groups excluding carboxylic acids is 1. The highest BCUT2D eigenvalue weighted by Crippen LogP contribution is 2.10. The lowest BCUT2D eigenvalue weighted by molar-refractivity contribution is -0.140. The molecule has 6 heteroatoms. The van der Waals surface area contributed by atoms with Crippen molar-refractivity contribution < 1.29 is 14.7 Å². The highest BCUT2D eigenvalue weighted by molar-refractivity contribution is 6.07. The summed E-state index contributed by atoms with van der Waals surface area (Å²) in [5, 5.41) is 16.2. The molecule has 2 rings (SSSR count). The summed E-state index contributed by atoms with van der Waals surface area (Å²) in [6.07, 6.45) is 1.35. The lowest BCUT2D eigenvalue weighted by Gasteiger charge is -2.03. The minimum Gasteiger partial charge on any atom is -0.480 e. The van der Waals surface area contributed by atoms with E-state index in [9.17, 15) is 9.59 Å². The maximum atomic E-state index is 12.1. The van der Waals surface area contributed by atoms with Crippen LogP contribution in [0.1, 0.15) is 34.6 Å². The van der Waals surface area contributed by atoms with Gasteiger partial charge in [0, 0.05) is 5.56 Å². The maximum Gasteiger partial charge on any atom is 0.328 e. The molecule has 1 aromatic carbocycles. The van der Waals surface area contributed by atoms with E-state index >= 15 is 0 Å². The minimum atomic E-state index is -1.03. The van der Waals surface area contributed by atoms with Gasteiger partial charge < -0.3 is 5.11 Å². The Labute approximate surface area is 109 Å². The van der Waals surface area contributed by atoms with Crippen LogP contribution in [0, 0.1) is 6.92 Å². The first-order chi connectivity index (χ1) is 8.99. The van der Waals surface area contributed by atoms with Gasteiger partial charge in [-0.1, -0.05) is 35.0 Å². The van der Waals surface area contributed by atoms with Crippen molar-refractivity contribution in [1.29, 1.82) is 0 Å². The van der Waals surface area contributed by atoms with Crippen LogP contribution in [0.3, 0.4) is 0 Å². The van der Waals surface area contributed by atoms with E-state index in [2.05, 4.69) is 10.3 Å². The molecule has 1 aromatic heterocycles. The smallest absolute Gasteiger partial charge is 0.328 e. The number of nitrogens with zero attached hydrogens (tertiary/aromatic N) is 3. The predicted octanol–water partition coefficient (Wildman–Crippen LogP) is 1.46. The SMILES string of the molecule is Cc1ccc(C(=O)c2cn(C(C)C(=O)O)nn2)cc1.